The Morgan fingerprint density at radius 3 is 2.25 bits per heavy atom. The molecule has 0 aliphatic heterocycles. The number of hydrogen-bond acceptors (Lipinski definition) is 4. The topological polar surface area (TPSA) is 89.0 Å². The lowest BCUT2D eigenvalue weighted by molar-refractivity contribution is 0.601. The van der Waals surface area contributed by atoms with Crippen LogP contribution in [-0.2, 0) is 22.1 Å². The number of fused-ring (bicyclic) bond motifs is 1. The molecule has 6 nitrogen and oxygen atoms in total. The van der Waals surface area contributed by atoms with Crippen molar-refractivity contribution in [2.75, 3.05) is 6.26 Å². The zero-order valence-electron chi connectivity index (χ0n) is 13.0. The van der Waals surface area contributed by atoms with Crippen molar-refractivity contribution in [3.8, 4) is 0 Å². The van der Waals surface area contributed by atoms with Crippen LogP contribution in [0.4, 0.5) is 0 Å². The van der Waals surface area contributed by atoms with E-state index in [1.807, 2.05) is 0 Å². The maximum Gasteiger partial charge on any atom is 0.329 e. The van der Waals surface area contributed by atoms with E-state index in [2.05, 4.69) is 4.98 Å². The molecular formula is C17H16N2O4S. The van der Waals surface area contributed by atoms with Gasteiger partial charge in [-0.25, -0.2) is 13.2 Å². The first-order valence-electron chi connectivity index (χ1n) is 7.31. The van der Waals surface area contributed by atoms with Crippen molar-refractivity contribution in [1.82, 2.24) is 9.55 Å². The summed E-state index contributed by atoms with van der Waals surface area (Å²) in [5, 5.41) is 0.450. The van der Waals surface area contributed by atoms with Gasteiger partial charge in [-0.1, -0.05) is 36.4 Å². The molecule has 0 aliphatic carbocycles. The third kappa shape index (κ3) is 3.46. The second-order valence-electron chi connectivity index (χ2n) is 5.75. The Hall–Kier alpha value is -2.67. The predicted molar refractivity (Wildman–Crippen MR) is 92.9 cm³/mol. The van der Waals surface area contributed by atoms with E-state index >= 15 is 0 Å². The molecule has 0 saturated carbocycles. The van der Waals surface area contributed by atoms with Crippen LogP contribution >= 0.6 is 0 Å². The van der Waals surface area contributed by atoms with Crippen molar-refractivity contribution in [2.45, 2.75) is 12.3 Å². The van der Waals surface area contributed by atoms with Crippen LogP contribution in [0.2, 0.25) is 0 Å². The van der Waals surface area contributed by atoms with Crippen molar-refractivity contribution < 1.29 is 8.42 Å². The molecule has 1 heterocycles. The summed E-state index contributed by atoms with van der Waals surface area (Å²) in [5.74, 6) is -0.0379. The molecule has 0 fully saturated rings. The maximum absolute atomic E-state index is 12.5. The van der Waals surface area contributed by atoms with Crippen LogP contribution in [0.15, 0.2) is 58.1 Å². The van der Waals surface area contributed by atoms with Gasteiger partial charge in [0.25, 0.3) is 5.56 Å². The minimum Gasteiger partial charge on any atom is -0.307 e. The minimum absolute atomic E-state index is 0.0379. The van der Waals surface area contributed by atoms with Crippen LogP contribution in [-0.4, -0.2) is 24.2 Å². The van der Waals surface area contributed by atoms with Crippen LogP contribution in [0.1, 0.15) is 11.1 Å². The van der Waals surface area contributed by atoms with Gasteiger partial charge >= 0.3 is 5.69 Å². The summed E-state index contributed by atoms with van der Waals surface area (Å²) in [5.41, 5.74) is 1.09. The van der Waals surface area contributed by atoms with Gasteiger partial charge in [-0.15, -0.1) is 0 Å². The van der Waals surface area contributed by atoms with Crippen LogP contribution in [0.25, 0.3) is 10.9 Å². The molecule has 0 atom stereocenters. The van der Waals surface area contributed by atoms with Gasteiger partial charge in [0.05, 0.1) is 23.2 Å². The Bertz CT molecular complexity index is 1110. The summed E-state index contributed by atoms with van der Waals surface area (Å²) in [4.78, 5) is 27.3. The number of nitrogens with one attached hydrogen (secondary N) is 1. The minimum atomic E-state index is -3.10. The molecule has 1 aromatic heterocycles. The number of aromatic nitrogens is 2. The Morgan fingerprint density at radius 2 is 1.58 bits per heavy atom. The Morgan fingerprint density at radius 1 is 0.958 bits per heavy atom. The molecule has 0 radical (unpaired) electrons. The van der Waals surface area contributed by atoms with Gasteiger partial charge in [0.1, 0.15) is 0 Å². The second-order valence-corrected chi connectivity index (χ2v) is 7.89. The van der Waals surface area contributed by atoms with E-state index in [1.165, 1.54) is 6.26 Å². The zero-order chi connectivity index (χ0) is 17.3. The summed E-state index contributed by atoms with van der Waals surface area (Å²) in [6.07, 6.45) is 1.18. The van der Waals surface area contributed by atoms with Crippen molar-refractivity contribution in [3.05, 3.63) is 80.5 Å². The largest absolute Gasteiger partial charge is 0.329 e. The molecule has 0 bridgehead atoms. The molecule has 2 aromatic carbocycles. The molecule has 7 heteroatoms. The molecule has 0 saturated heterocycles. The average Bonchev–Trinajstić information content (AvgIpc) is 2.51. The smallest absolute Gasteiger partial charge is 0.307 e. The molecule has 0 amide bonds. The van der Waals surface area contributed by atoms with Gasteiger partial charge in [-0.2, -0.15) is 0 Å². The number of sulfone groups is 1. The zero-order valence-corrected chi connectivity index (χ0v) is 13.8. The van der Waals surface area contributed by atoms with Gasteiger partial charge in [0.15, 0.2) is 9.84 Å². The summed E-state index contributed by atoms with van der Waals surface area (Å²) in [6.45, 7) is 0.123. The van der Waals surface area contributed by atoms with E-state index in [0.29, 0.717) is 16.5 Å². The van der Waals surface area contributed by atoms with E-state index < -0.39 is 15.5 Å². The molecule has 1 N–H and O–H groups in total. The highest BCUT2D eigenvalue weighted by molar-refractivity contribution is 7.89. The summed E-state index contributed by atoms with van der Waals surface area (Å²) >= 11 is 0. The van der Waals surface area contributed by atoms with Gasteiger partial charge < -0.3 is 4.98 Å². The first-order valence-corrected chi connectivity index (χ1v) is 9.37. The highest BCUT2D eigenvalue weighted by Gasteiger charge is 2.08. The van der Waals surface area contributed by atoms with Crippen molar-refractivity contribution >= 4 is 20.7 Å². The molecule has 0 spiro atoms. The van der Waals surface area contributed by atoms with Crippen LogP contribution in [0, 0.1) is 0 Å². The molecule has 0 unspecified atom stereocenters. The predicted octanol–water partition coefficient (Wildman–Crippen LogP) is 1.28. The standard InChI is InChI=1S/C17H16N2O4S/c1-24(22,23)11-13-8-6-12(7-9-13)10-19-16(20)14-4-2-3-5-15(14)18-17(19)21/h2-9H,10-11H2,1H3,(H,18,21). The number of para-hydroxylation sites is 1. The first kappa shape index (κ1) is 16.2. The third-order valence-corrected chi connectivity index (χ3v) is 4.54. The lowest BCUT2D eigenvalue weighted by atomic mass is 10.1. The first-order chi connectivity index (χ1) is 11.3. The van der Waals surface area contributed by atoms with Crippen LogP contribution in [0.5, 0.6) is 0 Å². The summed E-state index contributed by atoms with van der Waals surface area (Å²) < 4.78 is 23.7. The lowest BCUT2D eigenvalue weighted by Crippen LogP contribution is -2.35. The number of rotatable bonds is 4. The van der Waals surface area contributed by atoms with E-state index in [1.54, 1.807) is 48.5 Å². The van der Waals surface area contributed by atoms with Crippen LogP contribution < -0.4 is 11.2 Å². The molecule has 24 heavy (non-hydrogen) atoms. The number of aromatic amines is 1. The average molecular weight is 344 g/mol. The molecule has 124 valence electrons. The lowest BCUT2D eigenvalue weighted by Gasteiger charge is -2.07. The Kier molecular flexibility index (Phi) is 4.11. The fourth-order valence-electron chi connectivity index (χ4n) is 2.57. The SMILES string of the molecule is CS(=O)(=O)Cc1ccc(Cn2c(=O)[nH]c3ccccc3c2=O)cc1. The Labute approximate surface area is 138 Å². The van der Waals surface area contributed by atoms with E-state index in [0.717, 1.165) is 10.1 Å². The van der Waals surface area contributed by atoms with Gasteiger partial charge in [-0.3, -0.25) is 9.36 Å². The maximum atomic E-state index is 12.5. The van der Waals surface area contributed by atoms with Gasteiger partial charge in [0, 0.05) is 6.26 Å². The third-order valence-electron chi connectivity index (χ3n) is 3.68. The quantitative estimate of drug-likeness (QED) is 0.772. The monoisotopic (exact) mass is 344 g/mol. The Balaban J connectivity index is 1.96. The number of nitrogens with zero attached hydrogens (tertiary/aromatic N) is 1. The van der Waals surface area contributed by atoms with Crippen molar-refractivity contribution in [1.29, 1.82) is 0 Å². The number of hydrogen-bond donors (Lipinski definition) is 1. The molecule has 3 rings (SSSR count). The number of H-pyrrole nitrogens is 1. The number of benzene rings is 2. The summed E-state index contributed by atoms with van der Waals surface area (Å²) in [7, 11) is -3.10. The van der Waals surface area contributed by atoms with E-state index in [-0.39, 0.29) is 17.9 Å². The highest BCUT2D eigenvalue weighted by atomic mass is 32.2. The second kappa shape index (κ2) is 6.09. The van der Waals surface area contributed by atoms with Crippen molar-refractivity contribution in [3.63, 3.8) is 0 Å². The highest BCUT2D eigenvalue weighted by Crippen LogP contribution is 2.09. The normalized spacial score (nSPS) is 11.7. The fourth-order valence-corrected chi connectivity index (χ4v) is 3.37. The molecule has 3 aromatic rings. The molecular weight excluding hydrogens is 328 g/mol. The van der Waals surface area contributed by atoms with Gasteiger partial charge in [-0.05, 0) is 23.3 Å². The van der Waals surface area contributed by atoms with E-state index in [4.69, 9.17) is 0 Å². The fraction of sp³-hybridized carbons (Fsp3) is 0.176. The van der Waals surface area contributed by atoms with E-state index in [9.17, 15) is 18.0 Å². The van der Waals surface area contributed by atoms with Crippen molar-refractivity contribution in [2.24, 2.45) is 0 Å². The summed E-state index contributed by atoms with van der Waals surface area (Å²) in [6, 6.07) is 13.7. The molecule has 0 aliphatic rings. The van der Waals surface area contributed by atoms with Crippen LogP contribution in [0.3, 0.4) is 0 Å². The van der Waals surface area contributed by atoms with Gasteiger partial charge in [0.2, 0.25) is 0 Å².